The number of rotatable bonds is 6. The van der Waals surface area contributed by atoms with Crippen LogP contribution in [0.4, 0.5) is 0 Å². The van der Waals surface area contributed by atoms with Gasteiger partial charge in [-0.25, -0.2) is 0 Å². The highest BCUT2D eigenvalue weighted by atomic mass is 16.6. The second-order valence-corrected chi connectivity index (χ2v) is 5.74. The molecule has 2 N–H and O–H groups in total. The molecule has 0 aromatic heterocycles. The van der Waals surface area contributed by atoms with Gasteiger partial charge in [0, 0.05) is 5.92 Å². The molecule has 0 spiro atoms. The molecule has 2 aliphatic rings. The zero-order valence-electron chi connectivity index (χ0n) is 11.5. The van der Waals surface area contributed by atoms with Crippen molar-refractivity contribution in [2.45, 2.75) is 63.8 Å². The lowest BCUT2D eigenvalue weighted by Gasteiger charge is -2.12. The standard InChI is InChI=1S/C15H24O4/c1-2-3-4-5-11(16)7-6-10-8-13(17)15-12(10)9-14(18)19-15/h6-7,10-13,15-17H,2-5,8-9H2,1H3/b7-6+/t10-,11-,12+,13-,15+/m1/s1. The Kier molecular flexibility index (Phi) is 4.99. The lowest BCUT2D eigenvalue weighted by Crippen LogP contribution is -2.23. The normalized spacial score (nSPS) is 35.6. The Hall–Kier alpha value is -0.870. The third-order valence-corrected chi connectivity index (χ3v) is 4.22. The molecule has 108 valence electrons. The van der Waals surface area contributed by atoms with Crippen molar-refractivity contribution >= 4 is 5.97 Å². The molecule has 1 heterocycles. The molecule has 0 amide bonds. The molecular weight excluding hydrogens is 244 g/mol. The number of esters is 1. The Labute approximate surface area is 114 Å². The maximum absolute atomic E-state index is 11.3. The van der Waals surface area contributed by atoms with Crippen molar-refractivity contribution in [2.75, 3.05) is 0 Å². The highest BCUT2D eigenvalue weighted by molar-refractivity contribution is 5.72. The van der Waals surface area contributed by atoms with Gasteiger partial charge in [0.15, 0.2) is 0 Å². The van der Waals surface area contributed by atoms with Gasteiger partial charge in [0.25, 0.3) is 0 Å². The summed E-state index contributed by atoms with van der Waals surface area (Å²) >= 11 is 0. The fourth-order valence-corrected chi connectivity index (χ4v) is 3.13. The predicted octanol–water partition coefficient (Wildman–Crippen LogP) is 1.80. The molecule has 2 rings (SSSR count). The van der Waals surface area contributed by atoms with Crippen LogP contribution < -0.4 is 0 Å². The molecule has 1 aliphatic carbocycles. The third-order valence-electron chi connectivity index (χ3n) is 4.22. The number of carbonyl (C=O) groups is 1. The minimum absolute atomic E-state index is 0.0848. The van der Waals surface area contributed by atoms with E-state index >= 15 is 0 Å². The summed E-state index contributed by atoms with van der Waals surface area (Å²) in [4.78, 5) is 11.3. The van der Waals surface area contributed by atoms with Crippen LogP contribution >= 0.6 is 0 Å². The molecule has 0 unspecified atom stereocenters. The summed E-state index contributed by atoms with van der Waals surface area (Å²) in [5.74, 6) is 0.0181. The number of fused-ring (bicyclic) bond motifs is 1. The first-order chi connectivity index (χ1) is 9.11. The second kappa shape index (κ2) is 6.53. The van der Waals surface area contributed by atoms with Crippen LogP contribution in [-0.4, -0.2) is 34.5 Å². The Morgan fingerprint density at radius 1 is 1.47 bits per heavy atom. The van der Waals surface area contributed by atoms with Crippen molar-refractivity contribution in [3.05, 3.63) is 12.2 Å². The summed E-state index contributed by atoms with van der Waals surface area (Å²) in [6.45, 7) is 2.14. The van der Waals surface area contributed by atoms with Crippen molar-refractivity contribution in [1.29, 1.82) is 0 Å². The molecule has 1 saturated carbocycles. The van der Waals surface area contributed by atoms with Crippen LogP contribution in [0, 0.1) is 11.8 Å². The van der Waals surface area contributed by atoms with Crippen molar-refractivity contribution < 1.29 is 19.7 Å². The van der Waals surface area contributed by atoms with E-state index in [1.165, 1.54) is 0 Å². The average molecular weight is 268 g/mol. The second-order valence-electron chi connectivity index (χ2n) is 5.74. The van der Waals surface area contributed by atoms with E-state index in [0.29, 0.717) is 12.8 Å². The highest BCUT2D eigenvalue weighted by Gasteiger charge is 2.49. The average Bonchev–Trinajstić information content (AvgIpc) is 2.87. The summed E-state index contributed by atoms with van der Waals surface area (Å²) in [6, 6.07) is 0. The van der Waals surface area contributed by atoms with Gasteiger partial charge in [0.1, 0.15) is 6.10 Å². The van der Waals surface area contributed by atoms with Crippen LogP contribution in [0.2, 0.25) is 0 Å². The van der Waals surface area contributed by atoms with Gasteiger partial charge in [-0.15, -0.1) is 0 Å². The first-order valence-electron chi connectivity index (χ1n) is 7.35. The largest absolute Gasteiger partial charge is 0.459 e. The molecule has 5 atom stereocenters. The molecule has 0 bridgehead atoms. The molecule has 2 fully saturated rings. The molecule has 4 nitrogen and oxygen atoms in total. The number of allylic oxidation sites excluding steroid dienone is 1. The molecule has 1 saturated heterocycles. The molecule has 19 heavy (non-hydrogen) atoms. The van der Waals surface area contributed by atoms with E-state index in [0.717, 1.165) is 25.7 Å². The summed E-state index contributed by atoms with van der Waals surface area (Å²) in [5.41, 5.74) is 0. The van der Waals surface area contributed by atoms with E-state index in [4.69, 9.17) is 4.74 Å². The number of hydrogen-bond donors (Lipinski definition) is 2. The van der Waals surface area contributed by atoms with Gasteiger partial charge in [0.05, 0.1) is 18.6 Å². The first-order valence-corrected chi connectivity index (χ1v) is 7.35. The minimum Gasteiger partial charge on any atom is -0.459 e. The molecule has 0 aromatic rings. The van der Waals surface area contributed by atoms with Crippen molar-refractivity contribution in [3.63, 3.8) is 0 Å². The number of ether oxygens (including phenoxy) is 1. The molecule has 1 aliphatic heterocycles. The van der Waals surface area contributed by atoms with Gasteiger partial charge < -0.3 is 14.9 Å². The van der Waals surface area contributed by atoms with Crippen LogP contribution in [0.15, 0.2) is 12.2 Å². The maximum Gasteiger partial charge on any atom is 0.306 e. The lowest BCUT2D eigenvalue weighted by atomic mass is 9.92. The summed E-state index contributed by atoms with van der Waals surface area (Å²) in [5, 5.41) is 19.7. The smallest absolute Gasteiger partial charge is 0.306 e. The monoisotopic (exact) mass is 268 g/mol. The van der Waals surface area contributed by atoms with E-state index < -0.39 is 12.2 Å². The Morgan fingerprint density at radius 2 is 2.26 bits per heavy atom. The zero-order valence-corrected chi connectivity index (χ0v) is 11.5. The molecular formula is C15H24O4. The van der Waals surface area contributed by atoms with Gasteiger partial charge in [0.2, 0.25) is 0 Å². The summed E-state index contributed by atoms with van der Waals surface area (Å²) in [7, 11) is 0. The van der Waals surface area contributed by atoms with Gasteiger partial charge in [-0.2, -0.15) is 0 Å². The summed E-state index contributed by atoms with van der Waals surface area (Å²) in [6.07, 6.45) is 7.60. The lowest BCUT2D eigenvalue weighted by molar-refractivity contribution is -0.144. The number of hydrogen-bond acceptors (Lipinski definition) is 4. The van der Waals surface area contributed by atoms with Crippen molar-refractivity contribution in [3.8, 4) is 0 Å². The third kappa shape index (κ3) is 3.57. The van der Waals surface area contributed by atoms with Gasteiger partial charge >= 0.3 is 5.97 Å². The number of unbranched alkanes of at least 4 members (excludes halogenated alkanes) is 2. The minimum atomic E-state index is -0.552. The van der Waals surface area contributed by atoms with E-state index in [2.05, 4.69) is 6.92 Å². The van der Waals surface area contributed by atoms with Crippen LogP contribution in [0.5, 0.6) is 0 Å². The quantitative estimate of drug-likeness (QED) is 0.438. The Morgan fingerprint density at radius 3 is 3.00 bits per heavy atom. The van der Waals surface area contributed by atoms with Crippen molar-refractivity contribution in [1.82, 2.24) is 0 Å². The van der Waals surface area contributed by atoms with Gasteiger partial charge in [-0.1, -0.05) is 38.3 Å². The summed E-state index contributed by atoms with van der Waals surface area (Å²) < 4.78 is 5.13. The molecule has 4 heteroatoms. The fraction of sp³-hybridized carbons (Fsp3) is 0.800. The van der Waals surface area contributed by atoms with Gasteiger partial charge in [-0.05, 0) is 18.8 Å². The van der Waals surface area contributed by atoms with Crippen LogP contribution in [-0.2, 0) is 9.53 Å². The van der Waals surface area contributed by atoms with Crippen LogP contribution in [0.3, 0.4) is 0 Å². The first kappa shape index (κ1) is 14.5. The topological polar surface area (TPSA) is 66.8 Å². The van der Waals surface area contributed by atoms with E-state index in [1.807, 2.05) is 12.2 Å². The van der Waals surface area contributed by atoms with Crippen LogP contribution in [0.1, 0.15) is 45.4 Å². The van der Waals surface area contributed by atoms with E-state index in [9.17, 15) is 15.0 Å². The molecule has 0 radical (unpaired) electrons. The molecule has 0 aromatic carbocycles. The van der Waals surface area contributed by atoms with E-state index in [1.54, 1.807) is 0 Å². The number of aliphatic hydroxyl groups excluding tert-OH is 2. The van der Waals surface area contributed by atoms with E-state index in [-0.39, 0.29) is 23.9 Å². The predicted molar refractivity (Wildman–Crippen MR) is 71.4 cm³/mol. The van der Waals surface area contributed by atoms with Crippen LogP contribution in [0.25, 0.3) is 0 Å². The Balaban J connectivity index is 1.83. The SMILES string of the molecule is CCCCC[C@@H](O)/C=C/[C@@H]1C[C@@H](O)[C@H]2OC(=O)C[C@H]21. The maximum atomic E-state index is 11.3. The fourth-order valence-electron chi connectivity index (χ4n) is 3.13. The highest BCUT2D eigenvalue weighted by Crippen LogP contribution is 2.42. The number of aliphatic hydroxyl groups is 2. The van der Waals surface area contributed by atoms with Crippen molar-refractivity contribution in [2.24, 2.45) is 11.8 Å². The van der Waals surface area contributed by atoms with Gasteiger partial charge in [-0.3, -0.25) is 4.79 Å². The number of carbonyl (C=O) groups excluding carboxylic acids is 1. The Bertz CT molecular complexity index is 339. The zero-order chi connectivity index (χ0) is 13.8.